The highest BCUT2D eigenvalue weighted by molar-refractivity contribution is 4.76. The summed E-state index contributed by atoms with van der Waals surface area (Å²) in [5, 5.41) is 8.95. The van der Waals surface area contributed by atoms with E-state index in [9.17, 15) is 0 Å². The second-order valence-electron chi connectivity index (χ2n) is 5.55. The zero-order valence-electron chi connectivity index (χ0n) is 13.9. The Bertz CT molecular complexity index is 222. The van der Waals surface area contributed by atoms with Crippen LogP contribution in [0.3, 0.4) is 0 Å². The van der Waals surface area contributed by atoms with Gasteiger partial charge >= 0.3 is 0 Å². The van der Waals surface area contributed by atoms with E-state index >= 15 is 0 Å². The van der Waals surface area contributed by atoms with Gasteiger partial charge in [-0.25, -0.2) is 4.89 Å². The lowest BCUT2D eigenvalue weighted by Gasteiger charge is -2.30. The van der Waals surface area contributed by atoms with Crippen LogP contribution in [0.4, 0.5) is 0 Å². The Morgan fingerprint density at radius 2 is 1.33 bits per heavy atom. The molecule has 0 radical (unpaired) electrons. The van der Waals surface area contributed by atoms with Crippen LogP contribution in [-0.2, 0) is 23.8 Å². The molecule has 0 aliphatic heterocycles. The van der Waals surface area contributed by atoms with Gasteiger partial charge in [0.05, 0.1) is 45.7 Å². The molecule has 0 aromatic carbocycles. The first-order chi connectivity index (χ1) is 10.1. The van der Waals surface area contributed by atoms with Crippen molar-refractivity contribution in [3.8, 4) is 0 Å². The van der Waals surface area contributed by atoms with Gasteiger partial charge in [0.15, 0.2) is 0 Å². The maximum absolute atomic E-state index is 8.95. The summed E-state index contributed by atoms with van der Waals surface area (Å²) in [6.07, 6.45) is 1.39. The first-order valence-electron chi connectivity index (χ1n) is 7.60. The van der Waals surface area contributed by atoms with Crippen LogP contribution in [-0.4, -0.2) is 64.7 Å². The Morgan fingerprint density at radius 1 is 0.857 bits per heavy atom. The molecular formula is C15H32O6. The van der Waals surface area contributed by atoms with Gasteiger partial charge in [-0.1, -0.05) is 20.8 Å². The minimum atomic E-state index is -0.211. The molecule has 0 saturated heterocycles. The summed E-state index contributed by atoms with van der Waals surface area (Å²) in [4.78, 5) is 4.56. The van der Waals surface area contributed by atoms with Crippen molar-refractivity contribution in [1.82, 2.24) is 0 Å². The van der Waals surface area contributed by atoms with Crippen molar-refractivity contribution in [2.45, 2.75) is 39.7 Å². The monoisotopic (exact) mass is 308 g/mol. The third kappa shape index (κ3) is 11.0. The molecule has 0 spiro atoms. The van der Waals surface area contributed by atoms with E-state index in [0.29, 0.717) is 52.7 Å². The Morgan fingerprint density at radius 3 is 1.76 bits per heavy atom. The second kappa shape index (κ2) is 13.4. The minimum Gasteiger partial charge on any atom is -0.382 e. The fourth-order valence-corrected chi connectivity index (χ4v) is 1.69. The third-order valence-corrected chi connectivity index (χ3v) is 3.61. The summed E-state index contributed by atoms with van der Waals surface area (Å²) >= 11 is 0. The molecule has 0 amide bonds. The molecule has 0 rings (SSSR count). The van der Waals surface area contributed by atoms with E-state index in [1.54, 1.807) is 7.11 Å². The van der Waals surface area contributed by atoms with Crippen molar-refractivity contribution in [3.05, 3.63) is 0 Å². The minimum absolute atomic E-state index is 0.0614. The van der Waals surface area contributed by atoms with E-state index in [-0.39, 0.29) is 11.5 Å². The normalized spacial score (nSPS) is 13.6. The van der Waals surface area contributed by atoms with Gasteiger partial charge in [0.1, 0.15) is 0 Å². The van der Waals surface area contributed by atoms with Crippen LogP contribution in [0, 0.1) is 5.41 Å². The zero-order valence-corrected chi connectivity index (χ0v) is 13.9. The molecule has 0 bridgehead atoms. The maximum Gasteiger partial charge on any atom is 0.0999 e. The van der Waals surface area contributed by atoms with Crippen LogP contribution in [0.5, 0.6) is 0 Å². The molecule has 6 nitrogen and oxygen atoms in total. The van der Waals surface area contributed by atoms with E-state index in [4.69, 9.17) is 24.2 Å². The van der Waals surface area contributed by atoms with E-state index in [1.807, 2.05) is 0 Å². The SMILES string of the molecule is CCC(C)(C)C(CCOCCOCCOCCOC)OO. The number of hydrogen-bond acceptors (Lipinski definition) is 6. The molecule has 0 aliphatic carbocycles. The smallest absolute Gasteiger partial charge is 0.0999 e. The predicted molar refractivity (Wildman–Crippen MR) is 80.5 cm³/mol. The average molecular weight is 308 g/mol. The van der Waals surface area contributed by atoms with Crippen LogP contribution >= 0.6 is 0 Å². The molecule has 1 unspecified atom stereocenters. The number of methoxy groups -OCH3 is 1. The van der Waals surface area contributed by atoms with E-state index in [2.05, 4.69) is 25.7 Å². The summed E-state index contributed by atoms with van der Waals surface area (Å²) in [6.45, 7) is 10.1. The quantitative estimate of drug-likeness (QED) is 0.285. The van der Waals surface area contributed by atoms with Gasteiger partial charge in [0, 0.05) is 20.1 Å². The van der Waals surface area contributed by atoms with Crippen LogP contribution in [0.2, 0.25) is 0 Å². The van der Waals surface area contributed by atoms with Crippen LogP contribution < -0.4 is 0 Å². The lowest BCUT2D eigenvalue weighted by atomic mass is 9.82. The van der Waals surface area contributed by atoms with Gasteiger partial charge in [-0.15, -0.1) is 0 Å². The van der Waals surface area contributed by atoms with Crippen molar-refractivity contribution >= 4 is 0 Å². The highest BCUT2D eigenvalue weighted by atomic mass is 17.1. The largest absolute Gasteiger partial charge is 0.382 e. The lowest BCUT2D eigenvalue weighted by molar-refractivity contribution is -0.304. The molecule has 0 heterocycles. The molecular weight excluding hydrogens is 276 g/mol. The van der Waals surface area contributed by atoms with Crippen molar-refractivity contribution in [3.63, 3.8) is 0 Å². The number of hydrogen-bond donors (Lipinski definition) is 1. The topological polar surface area (TPSA) is 66.4 Å². The van der Waals surface area contributed by atoms with E-state index < -0.39 is 0 Å². The fraction of sp³-hybridized carbons (Fsp3) is 1.00. The molecule has 6 heteroatoms. The standard InChI is InChI=1S/C15H32O6/c1-5-15(2,3)14(21-16)6-7-18-10-11-20-13-12-19-9-8-17-4/h14,16H,5-13H2,1-4H3. The second-order valence-corrected chi connectivity index (χ2v) is 5.55. The molecule has 0 aromatic heterocycles. The van der Waals surface area contributed by atoms with Gasteiger partial charge in [0.25, 0.3) is 0 Å². The Labute approximate surface area is 128 Å². The predicted octanol–water partition coefficient (Wildman–Crippen LogP) is 2.37. The highest BCUT2D eigenvalue weighted by Crippen LogP contribution is 2.28. The summed E-state index contributed by atoms with van der Waals surface area (Å²) in [7, 11) is 1.64. The summed E-state index contributed by atoms with van der Waals surface area (Å²) in [5.74, 6) is 0. The molecule has 1 atom stereocenters. The van der Waals surface area contributed by atoms with Crippen molar-refractivity contribution < 1.29 is 29.1 Å². The first kappa shape index (κ1) is 20.8. The lowest BCUT2D eigenvalue weighted by Crippen LogP contribution is -2.32. The molecule has 1 N–H and O–H groups in total. The van der Waals surface area contributed by atoms with Gasteiger partial charge < -0.3 is 18.9 Å². The van der Waals surface area contributed by atoms with Gasteiger partial charge in [-0.05, 0) is 11.8 Å². The van der Waals surface area contributed by atoms with Crippen molar-refractivity contribution in [2.24, 2.45) is 5.41 Å². The Hall–Kier alpha value is -0.240. The van der Waals surface area contributed by atoms with Crippen LogP contribution in [0.1, 0.15) is 33.6 Å². The van der Waals surface area contributed by atoms with Gasteiger partial charge in [-0.2, -0.15) is 0 Å². The van der Waals surface area contributed by atoms with E-state index in [0.717, 1.165) is 6.42 Å². The highest BCUT2D eigenvalue weighted by Gasteiger charge is 2.28. The van der Waals surface area contributed by atoms with Crippen molar-refractivity contribution in [2.75, 3.05) is 53.4 Å². The molecule has 21 heavy (non-hydrogen) atoms. The molecule has 0 fully saturated rings. The first-order valence-corrected chi connectivity index (χ1v) is 7.60. The fourth-order valence-electron chi connectivity index (χ4n) is 1.69. The third-order valence-electron chi connectivity index (χ3n) is 3.61. The Balaban J connectivity index is 3.39. The summed E-state index contributed by atoms with van der Waals surface area (Å²) in [5.41, 5.74) is -0.0614. The Kier molecular flexibility index (Phi) is 13.3. The zero-order chi connectivity index (χ0) is 16.0. The molecule has 0 saturated carbocycles. The van der Waals surface area contributed by atoms with Crippen molar-refractivity contribution in [1.29, 1.82) is 0 Å². The van der Waals surface area contributed by atoms with Crippen LogP contribution in [0.15, 0.2) is 0 Å². The molecule has 0 aromatic rings. The maximum atomic E-state index is 8.95. The van der Waals surface area contributed by atoms with Gasteiger partial charge in [0.2, 0.25) is 0 Å². The van der Waals surface area contributed by atoms with E-state index in [1.165, 1.54) is 0 Å². The average Bonchev–Trinajstić information content (AvgIpc) is 2.48. The summed E-state index contributed by atoms with van der Waals surface area (Å²) in [6, 6.07) is 0. The number of ether oxygens (including phenoxy) is 4. The summed E-state index contributed by atoms with van der Waals surface area (Å²) < 4.78 is 21.0. The van der Waals surface area contributed by atoms with Crippen LogP contribution in [0.25, 0.3) is 0 Å². The molecule has 128 valence electrons. The number of rotatable bonds is 15. The van der Waals surface area contributed by atoms with Gasteiger partial charge in [-0.3, -0.25) is 5.26 Å². The molecule has 0 aliphatic rings.